The van der Waals surface area contributed by atoms with E-state index >= 15 is 0 Å². The van der Waals surface area contributed by atoms with Crippen molar-refractivity contribution < 1.29 is 4.79 Å². The fourth-order valence-corrected chi connectivity index (χ4v) is 1.96. The number of hydrogen-bond acceptors (Lipinski definition) is 4. The number of rotatable bonds is 5. The highest BCUT2D eigenvalue weighted by molar-refractivity contribution is 7.09. The van der Waals surface area contributed by atoms with E-state index < -0.39 is 0 Å². The van der Waals surface area contributed by atoms with Crippen LogP contribution in [0.5, 0.6) is 0 Å². The van der Waals surface area contributed by atoms with Crippen LogP contribution in [-0.4, -0.2) is 15.9 Å². The highest BCUT2D eigenvalue weighted by Crippen LogP contribution is 2.04. The van der Waals surface area contributed by atoms with Crippen molar-refractivity contribution in [3.8, 4) is 0 Å². The van der Waals surface area contributed by atoms with E-state index in [9.17, 15) is 4.79 Å². The van der Waals surface area contributed by atoms with Crippen molar-refractivity contribution in [2.45, 2.75) is 19.4 Å². The molecule has 0 spiro atoms. The van der Waals surface area contributed by atoms with Gasteiger partial charge in [0.2, 0.25) is 5.91 Å². The Kier molecular flexibility index (Phi) is 4.21. The number of aryl methyl sites for hydroxylation is 1. The molecule has 2 aromatic heterocycles. The third-order valence-corrected chi connectivity index (χ3v) is 3.06. The van der Waals surface area contributed by atoms with Gasteiger partial charge in [-0.1, -0.05) is 6.07 Å². The van der Waals surface area contributed by atoms with Crippen LogP contribution in [0.3, 0.4) is 0 Å². The van der Waals surface area contributed by atoms with Crippen LogP contribution in [0.25, 0.3) is 0 Å². The molecule has 88 valence electrons. The van der Waals surface area contributed by atoms with E-state index in [0.29, 0.717) is 13.0 Å². The molecule has 2 rings (SSSR count). The smallest absolute Gasteiger partial charge is 0.220 e. The van der Waals surface area contributed by atoms with Gasteiger partial charge in [0.05, 0.1) is 6.54 Å². The van der Waals surface area contributed by atoms with E-state index in [1.165, 1.54) is 0 Å². The first kappa shape index (κ1) is 11.7. The summed E-state index contributed by atoms with van der Waals surface area (Å²) < 4.78 is 0. The summed E-state index contributed by atoms with van der Waals surface area (Å²) in [5.41, 5.74) is 1.08. The van der Waals surface area contributed by atoms with E-state index in [0.717, 1.165) is 17.0 Å². The topological polar surface area (TPSA) is 54.9 Å². The summed E-state index contributed by atoms with van der Waals surface area (Å²) in [6, 6.07) is 3.85. The maximum atomic E-state index is 11.6. The predicted molar refractivity (Wildman–Crippen MR) is 66.5 cm³/mol. The van der Waals surface area contributed by atoms with Crippen molar-refractivity contribution in [3.05, 3.63) is 46.7 Å². The highest BCUT2D eigenvalue weighted by atomic mass is 32.1. The lowest BCUT2D eigenvalue weighted by atomic mass is 10.1. The Hall–Kier alpha value is -1.75. The first-order valence-electron chi connectivity index (χ1n) is 5.38. The third kappa shape index (κ3) is 3.96. The molecule has 1 amide bonds. The van der Waals surface area contributed by atoms with Crippen LogP contribution in [-0.2, 0) is 17.8 Å². The minimum Gasteiger partial charge on any atom is -0.350 e. The fourth-order valence-electron chi connectivity index (χ4n) is 1.41. The Morgan fingerprint density at radius 1 is 1.41 bits per heavy atom. The zero-order valence-corrected chi connectivity index (χ0v) is 10.1. The molecular weight excluding hydrogens is 234 g/mol. The molecule has 0 fully saturated rings. The minimum absolute atomic E-state index is 0.0454. The molecule has 0 aliphatic rings. The Morgan fingerprint density at radius 3 is 3.06 bits per heavy atom. The van der Waals surface area contributed by atoms with Crippen molar-refractivity contribution in [2.24, 2.45) is 0 Å². The normalized spacial score (nSPS) is 10.1. The van der Waals surface area contributed by atoms with E-state index in [4.69, 9.17) is 0 Å². The van der Waals surface area contributed by atoms with Crippen LogP contribution in [0.15, 0.2) is 36.1 Å². The van der Waals surface area contributed by atoms with Gasteiger partial charge < -0.3 is 5.32 Å². The third-order valence-electron chi connectivity index (χ3n) is 2.28. The molecule has 0 aliphatic heterocycles. The SMILES string of the molecule is O=C(CCc1cccnc1)NCc1nccs1. The molecular formula is C12H13N3OS. The monoisotopic (exact) mass is 247 g/mol. The number of thiazole rings is 1. The molecule has 5 heteroatoms. The number of amides is 1. The molecule has 2 aromatic rings. The van der Waals surface area contributed by atoms with Crippen molar-refractivity contribution >= 4 is 17.2 Å². The molecule has 0 saturated carbocycles. The maximum absolute atomic E-state index is 11.6. The van der Waals surface area contributed by atoms with Crippen molar-refractivity contribution in [1.82, 2.24) is 15.3 Å². The lowest BCUT2D eigenvalue weighted by Crippen LogP contribution is -2.22. The molecule has 0 aliphatic carbocycles. The van der Waals surface area contributed by atoms with Crippen LogP contribution in [0.2, 0.25) is 0 Å². The fraction of sp³-hybridized carbons (Fsp3) is 0.250. The summed E-state index contributed by atoms with van der Waals surface area (Å²) in [5.74, 6) is 0.0454. The first-order chi connectivity index (χ1) is 8.34. The molecule has 0 unspecified atom stereocenters. The number of carbonyl (C=O) groups excluding carboxylic acids is 1. The Labute approximate surface area is 104 Å². The molecule has 2 heterocycles. The molecule has 0 aromatic carbocycles. The summed E-state index contributed by atoms with van der Waals surface area (Å²) in [6.45, 7) is 0.517. The van der Waals surface area contributed by atoms with Gasteiger partial charge in [0.25, 0.3) is 0 Å². The lowest BCUT2D eigenvalue weighted by molar-refractivity contribution is -0.121. The lowest BCUT2D eigenvalue weighted by Gasteiger charge is -2.02. The molecule has 17 heavy (non-hydrogen) atoms. The Bertz CT molecular complexity index is 456. The summed E-state index contributed by atoms with van der Waals surface area (Å²) >= 11 is 1.54. The van der Waals surface area contributed by atoms with Crippen molar-refractivity contribution in [2.75, 3.05) is 0 Å². The zero-order valence-electron chi connectivity index (χ0n) is 9.30. The summed E-state index contributed by atoms with van der Waals surface area (Å²) in [5, 5.41) is 5.67. The minimum atomic E-state index is 0.0454. The number of hydrogen-bond donors (Lipinski definition) is 1. The van der Waals surface area contributed by atoms with Crippen LogP contribution in [0, 0.1) is 0 Å². The Morgan fingerprint density at radius 2 is 2.35 bits per heavy atom. The summed E-state index contributed by atoms with van der Waals surface area (Å²) in [6.07, 6.45) is 6.45. The molecule has 4 nitrogen and oxygen atoms in total. The largest absolute Gasteiger partial charge is 0.350 e. The number of carbonyl (C=O) groups is 1. The number of aromatic nitrogens is 2. The van der Waals surface area contributed by atoms with Gasteiger partial charge in [-0.2, -0.15) is 0 Å². The first-order valence-corrected chi connectivity index (χ1v) is 6.26. The summed E-state index contributed by atoms with van der Waals surface area (Å²) in [4.78, 5) is 19.7. The second kappa shape index (κ2) is 6.10. The number of nitrogens with zero attached hydrogens (tertiary/aromatic N) is 2. The Balaban J connectivity index is 1.71. The van der Waals surface area contributed by atoms with Gasteiger partial charge in [-0.3, -0.25) is 9.78 Å². The van der Waals surface area contributed by atoms with Crippen LogP contribution < -0.4 is 5.32 Å². The van der Waals surface area contributed by atoms with Gasteiger partial charge in [-0.05, 0) is 18.1 Å². The van der Waals surface area contributed by atoms with E-state index in [1.807, 2.05) is 17.5 Å². The number of pyridine rings is 1. The second-order valence-corrected chi connectivity index (χ2v) is 4.54. The molecule has 0 saturated heterocycles. The second-order valence-electron chi connectivity index (χ2n) is 3.56. The molecule has 0 bridgehead atoms. The van der Waals surface area contributed by atoms with Crippen LogP contribution in [0.4, 0.5) is 0 Å². The quantitative estimate of drug-likeness (QED) is 0.876. The predicted octanol–water partition coefficient (Wildman–Crippen LogP) is 1.79. The van der Waals surface area contributed by atoms with Crippen LogP contribution >= 0.6 is 11.3 Å². The van der Waals surface area contributed by atoms with Gasteiger partial charge in [-0.15, -0.1) is 11.3 Å². The average Bonchev–Trinajstić information content (AvgIpc) is 2.88. The van der Waals surface area contributed by atoms with Crippen molar-refractivity contribution in [3.63, 3.8) is 0 Å². The van der Waals surface area contributed by atoms with Gasteiger partial charge in [0.1, 0.15) is 5.01 Å². The molecule has 1 N–H and O–H groups in total. The highest BCUT2D eigenvalue weighted by Gasteiger charge is 2.03. The molecule has 0 atom stereocenters. The van der Waals surface area contributed by atoms with E-state index in [1.54, 1.807) is 29.9 Å². The van der Waals surface area contributed by atoms with Gasteiger partial charge >= 0.3 is 0 Å². The average molecular weight is 247 g/mol. The van der Waals surface area contributed by atoms with Crippen LogP contribution in [0.1, 0.15) is 17.0 Å². The summed E-state index contributed by atoms with van der Waals surface area (Å²) in [7, 11) is 0. The van der Waals surface area contributed by atoms with Gasteiger partial charge in [-0.25, -0.2) is 4.98 Å². The zero-order chi connectivity index (χ0) is 11.9. The van der Waals surface area contributed by atoms with E-state index in [-0.39, 0.29) is 5.91 Å². The van der Waals surface area contributed by atoms with Gasteiger partial charge in [0, 0.05) is 30.4 Å². The number of nitrogens with one attached hydrogen (secondary N) is 1. The maximum Gasteiger partial charge on any atom is 0.220 e. The van der Waals surface area contributed by atoms with Gasteiger partial charge in [0.15, 0.2) is 0 Å². The van der Waals surface area contributed by atoms with Crippen molar-refractivity contribution in [1.29, 1.82) is 0 Å². The van der Waals surface area contributed by atoms with E-state index in [2.05, 4.69) is 15.3 Å². The molecule has 0 radical (unpaired) electrons. The standard InChI is InChI=1S/C12H13N3OS/c16-11(15-9-12-14-6-7-17-12)4-3-10-2-1-5-13-8-10/h1-2,5-8H,3-4,9H2,(H,15,16).